The molecular weight excluding hydrogens is 340 g/mol. The molecule has 0 aromatic heterocycles. The molecule has 2 aromatic rings. The van der Waals surface area contributed by atoms with E-state index in [1.165, 1.54) is 5.56 Å². The van der Waals surface area contributed by atoms with Gasteiger partial charge in [0.05, 0.1) is 7.11 Å². The molecule has 0 heterocycles. The van der Waals surface area contributed by atoms with Crippen molar-refractivity contribution in [2.45, 2.75) is 13.3 Å². The van der Waals surface area contributed by atoms with Crippen LogP contribution in [0.2, 0.25) is 0 Å². The Morgan fingerprint density at radius 3 is 2.08 bits per heavy atom. The third-order valence-corrected chi connectivity index (χ3v) is 3.62. The number of aryl methyl sites for hydroxylation is 1. The molecule has 24 heavy (non-hydrogen) atoms. The van der Waals surface area contributed by atoms with Crippen molar-refractivity contribution in [1.29, 1.82) is 0 Å². The van der Waals surface area contributed by atoms with Gasteiger partial charge in [0.1, 0.15) is 5.75 Å². The Bertz CT molecular complexity index is 660. The van der Waals surface area contributed by atoms with Crippen molar-refractivity contribution in [1.82, 2.24) is 10.9 Å². The van der Waals surface area contributed by atoms with Crippen LogP contribution in [0, 0.1) is 0 Å². The second-order valence-corrected chi connectivity index (χ2v) is 5.76. The molecule has 0 aliphatic heterocycles. The van der Waals surface area contributed by atoms with E-state index in [1.54, 1.807) is 7.11 Å². The summed E-state index contributed by atoms with van der Waals surface area (Å²) in [5, 5.41) is 6.98. The summed E-state index contributed by atoms with van der Waals surface area (Å²) in [6.45, 7) is 2.11. The van der Waals surface area contributed by atoms with Crippen LogP contribution < -0.4 is 26.2 Å². The van der Waals surface area contributed by atoms with Gasteiger partial charge in [-0.05, 0) is 60.7 Å². The molecule has 0 bridgehead atoms. The first-order valence-electron chi connectivity index (χ1n) is 7.47. The van der Waals surface area contributed by atoms with E-state index in [0.29, 0.717) is 10.2 Å². The maximum Gasteiger partial charge on any atom is 0.189 e. The number of hydrazine groups is 1. The second-order valence-electron chi connectivity index (χ2n) is 4.94. The number of benzene rings is 2. The molecule has 0 aliphatic carbocycles. The van der Waals surface area contributed by atoms with Crippen LogP contribution >= 0.6 is 24.4 Å². The molecule has 4 N–H and O–H groups in total. The highest BCUT2D eigenvalue weighted by molar-refractivity contribution is 7.81. The first-order valence-corrected chi connectivity index (χ1v) is 8.29. The van der Waals surface area contributed by atoms with Crippen molar-refractivity contribution >= 4 is 46.0 Å². The zero-order valence-corrected chi connectivity index (χ0v) is 15.2. The molecule has 0 amide bonds. The van der Waals surface area contributed by atoms with Gasteiger partial charge in [0.2, 0.25) is 0 Å². The summed E-state index contributed by atoms with van der Waals surface area (Å²) in [4.78, 5) is 0. The number of ether oxygens (including phenoxy) is 1. The van der Waals surface area contributed by atoms with E-state index >= 15 is 0 Å². The highest BCUT2D eigenvalue weighted by Crippen LogP contribution is 2.16. The fourth-order valence-corrected chi connectivity index (χ4v) is 2.35. The predicted molar refractivity (Wildman–Crippen MR) is 108 cm³/mol. The van der Waals surface area contributed by atoms with E-state index in [2.05, 4.69) is 40.5 Å². The van der Waals surface area contributed by atoms with E-state index < -0.39 is 0 Å². The van der Waals surface area contributed by atoms with Gasteiger partial charge < -0.3 is 15.4 Å². The van der Waals surface area contributed by atoms with Crippen molar-refractivity contribution in [3.8, 4) is 5.75 Å². The highest BCUT2D eigenvalue weighted by atomic mass is 32.1. The molecule has 0 saturated carbocycles. The highest BCUT2D eigenvalue weighted by Gasteiger charge is 2.01. The summed E-state index contributed by atoms with van der Waals surface area (Å²) < 4.78 is 5.17. The van der Waals surface area contributed by atoms with E-state index in [4.69, 9.17) is 29.2 Å². The van der Waals surface area contributed by atoms with Crippen LogP contribution in [0.1, 0.15) is 12.5 Å². The molecule has 2 aromatic carbocycles. The smallest absolute Gasteiger partial charge is 0.189 e. The van der Waals surface area contributed by atoms with Gasteiger partial charge in [0.25, 0.3) is 0 Å². The number of anilines is 2. The number of thiocarbonyl (C=S) groups is 2. The molecule has 2 rings (SSSR count). The van der Waals surface area contributed by atoms with Crippen LogP contribution in [0.4, 0.5) is 11.4 Å². The fraction of sp³-hybridized carbons (Fsp3) is 0.176. The molecule has 0 saturated heterocycles. The van der Waals surface area contributed by atoms with E-state index in [0.717, 1.165) is 23.5 Å². The summed E-state index contributed by atoms with van der Waals surface area (Å²) in [7, 11) is 1.62. The number of rotatable bonds is 4. The molecular formula is C17H20N4OS2. The fourth-order valence-electron chi connectivity index (χ4n) is 2.01. The lowest BCUT2D eigenvalue weighted by molar-refractivity contribution is 0.415. The summed E-state index contributed by atoms with van der Waals surface area (Å²) in [5.74, 6) is 0.753. The first kappa shape index (κ1) is 18.0. The molecule has 126 valence electrons. The van der Waals surface area contributed by atoms with Crippen LogP contribution in [0.3, 0.4) is 0 Å². The topological polar surface area (TPSA) is 57.3 Å². The second kappa shape index (κ2) is 9.05. The Balaban J connectivity index is 1.81. The van der Waals surface area contributed by atoms with Gasteiger partial charge >= 0.3 is 0 Å². The summed E-state index contributed by atoms with van der Waals surface area (Å²) >= 11 is 10.5. The number of methoxy groups -OCH3 is 1. The van der Waals surface area contributed by atoms with Crippen LogP contribution in [0.25, 0.3) is 0 Å². The zero-order valence-electron chi connectivity index (χ0n) is 13.6. The molecule has 0 atom stereocenters. The normalized spacial score (nSPS) is 9.75. The Hall–Kier alpha value is -2.38. The molecule has 0 unspecified atom stereocenters. The van der Waals surface area contributed by atoms with Crippen LogP contribution in [-0.2, 0) is 6.42 Å². The quantitative estimate of drug-likeness (QED) is 0.492. The molecule has 7 heteroatoms. The van der Waals surface area contributed by atoms with Gasteiger partial charge in [-0.25, -0.2) is 0 Å². The third kappa shape index (κ3) is 5.68. The number of hydrogen-bond acceptors (Lipinski definition) is 3. The summed E-state index contributed by atoms with van der Waals surface area (Å²) in [5.41, 5.74) is 8.69. The molecule has 0 aliphatic rings. The van der Waals surface area contributed by atoms with E-state index in [1.807, 2.05) is 36.4 Å². The lowest BCUT2D eigenvalue weighted by Crippen LogP contribution is -2.45. The van der Waals surface area contributed by atoms with Gasteiger partial charge in [-0.1, -0.05) is 25.1 Å². The minimum Gasteiger partial charge on any atom is -0.497 e. The van der Waals surface area contributed by atoms with Crippen LogP contribution in [0.15, 0.2) is 48.5 Å². The molecule has 0 spiro atoms. The standard InChI is InChI=1S/C17H20N4OS2/c1-3-12-6-4-7-13(10-12)18-16(23)20-21-17(24)19-14-8-5-9-15(11-14)22-2/h4-11H,3H2,1-2H3,(H2,18,20,23)(H2,19,21,24). The zero-order chi connectivity index (χ0) is 17.4. The lowest BCUT2D eigenvalue weighted by Gasteiger charge is -2.15. The Kier molecular flexibility index (Phi) is 6.77. The van der Waals surface area contributed by atoms with Gasteiger partial charge in [-0.15, -0.1) is 0 Å². The van der Waals surface area contributed by atoms with Gasteiger partial charge in [-0.2, -0.15) is 0 Å². The van der Waals surface area contributed by atoms with E-state index in [-0.39, 0.29) is 0 Å². The van der Waals surface area contributed by atoms with Gasteiger partial charge in [0, 0.05) is 17.4 Å². The predicted octanol–water partition coefficient (Wildman–Crippen LogP) is 3.45. The van der Waals surface area contributed by atoms with Gasteiger partial charge in [-0.3, -0.25) is 10.9 Å². The molecule has 0 fully saturated rings. The van der Waals surface area contributed by atoms with Crippen molar-refractivity contribution in [3.63, 3.8) is 0 Å². The van der Waals surface area contributed by atoms with Crippen molar-refractivity contribution in [2.75, 3.05) is 17.7 Å². The van der Waals surface area contributed by atoms with Crippen LogP contribution in [-0.4, -0.2) is 17.3 Å². The largest absolute Gasteiger partial charge is 0.497 e. The molecule has 5 nitrogen and oxygen atoms in total. The Morgan fingerprint density at radius 2 is 1.50 bits per heavy atom. The van der Waals surface area contributed by atoms with Crippen molar-refractivity contribution < 1.29 is 4.74 Å². The number of nitrogens with one attached hydrogen (secondary N) is 4. The minimum atomic E-state index is 0.398. The average Bonchev–Trinajstić information content (AvgIpc) is 2.60. The Morgan fingerprint density at radius 1 is 0.917 bits per heavy atom. The SMILES string of the molecule is CCc1cccc(NC(=S)NNC(=S)Nc2cccc(OC)c2)c1. The summed E-state index contributed by atoms with van der Waals surface area (Å²) in [6.07, 6.45) is 0.975. The van der Waals surface area contributed by atoms with Crippen LogP contribution in [0.5, 0.6) is 5.75 Å². The minimum absolute atomic E-state index is 0.398. The Labute approximate surface area is 152 Å². The maximum absolute atomic E-state index is 5.25. The summed E-state index contributed by atoms with van der Waals surface area (Å²) in [6, 6.07) is 15.6. The monoisotopic (exact) mass is 360 g/mol. The third-order valence-electron chi connectivity index (χ3n) is 3.21. The lowest BCUT2D eigenvalue weighted by atomic mass is 10.1. The van der Waals surface area contributed by atoms with Gasteiger partial charge in [0.15, 0.2) is 10.2 Å². The van der Waals surface area contributed by atoms with E-state index in [9.17, 15) is 0 Å². The average molecular weight is 361 g/mol. The number of hydrogen-bond donors (Lipinski definition) is 4. The first-order chi connectivity index (χ1) is 11.6. The van der Waals surface area contributed by atoms with Crippen molar-refractivity contribution in [2.24, 2.45) is 0 Å². The maximum atomic E-state index is 5.25. The van der Waals surface area contributed by atoms with Crippen molar-refractivity contribution in [3.05, 3.63) is 54.1 Å². The molecule has 0 radical (unpaired) electrons.